The van der Waals surface area contributed by atoms with Crippen molar-refractivity contribution < 1.29 is 0 Å². The summed E-state index contributed by atoms with van der Waals surface area (Å²) in [5, 5.41) is 8.56. The molecule has 1 aromatic rings. The Morgan fingerprint density at radius 1 is 1.35 bits per heavy atom. The van der Waals surface area contributed by atoms with Gasteiger partial charge in [-0.25, -0.2) is 0 Å². The van der Waals surface area contributed by atoms with E-state index in [-0.39, 0.29) is 0 Å². The Labute approximate surface area is 110 Å². The highest BCUT2D eigenvalue weighted by molar-refractivity contribution is 6.30. The Morgan fingerprint density at radius 3 is 2.59 bits per heavy atom. The molecule has 1 aromatic heterocycles. The molecular formula is C13H24ClN3. The summed E-state index contributed by atoms with van der Waals surface area (Å²) in [6.45, 7) is 8.68. The summed E-state index contributed by atoms with van der Waals surface area (Å²) in [6.07, 6.45) is 3.39. The van der Waals surface area contributed by atoms with Gasteiger partial charge < -0.3 is 5.32 Å². The molecule has 0 aliphatic rings. The summed E-state index contributed by atoms with van der Waals surface area (Å²) in [5.41, 5.74) is 2.27. The fourth-order valence-electron chi connectivity index (χ4n) is 1.90. The molecule has 0 amide bonds. The van der Waals surface area contributed by atoms with Crippen molar-refractivity contribution in [2.45, 2.75) is 40.0 Å². The summed E-state index contributed by atoms with van der Waals surface area (Å²) in [7, 11) is 1.89. The topological polar surface area (TPSA) is 29.9 Å². The number of unbranched alkanes of at least 4 members (excludes halogenated alkanes) is 1. The van der Waals surface area contributed by atoms with E-state index in [0.717, 1.165) is 42.7 Å². The van der Waals surface area contributed by atoms with Crippen molar-refractivity contribution in [2.75, 3.05) is 13.1 Å². The van der Waals surface area contributed by atoms with Crippen molar-refractivity contribution in [1.29, 1.82) is 0 Å². The molecule has 0 aromatic carbocycles. The predicted molar refractivity (Wildman–Crippen MR) is 73.6 cm³/mol. The van der Waals surface area contributed by atoms with Gasteiger partial charge in [0.1, 0.15) is 5.15 Å². The maximum atomic E-state index is 6.18. The average molecular weight is 258 g/mol. The molecule has 1 heterocycles. The number of nitrogens with zero attached hydrogens (tertiary/aromatic N) is 2. The zero-order chi connectivity index (χ0) is 12.8. The first-order chi connectivity index (χ1) is 8.02. The Hall–Kier alpha value is -0.540. The fourth-order valence-corrected chi connectivity index (χ4v) is 2.17. The molecule has 0 spiro atoms. The fraction of sp³-hybridized carbons (Fsp3) is 0.769. The van der Waals surface area contributed by atoms with Crippen molar-refractivity contribution in [2.24, 2.45) is 13.0 Å². The SMILES string of the molecule is Cc1nn(C)c(Cl)c1CCCCNCC(C)C. The van der Waals surface area contributed by atoms with E-state index in [0.29, 0.717) is 0 Å². The third-order valence-electron chi connectivity index (χ3n) is 2.85. The molecule has 98 valence electrons. The minimum atomic E-state index is 0.727. The smallest absolute Gasteiger partial charge is 0.130 e. The summed E-state index contributed by atoms with van der Waals surface area (Å²) in [4.78, 5) is 0. The van der Waals surface area contributed by atoms with Crippen LogP contribution in [0.4, 0.5) is 0 Å². The number of halogens is 1. The van der Waals surface area contributed by atoms with Crippen LogP contribution in [0, 0.1) is 12.8 Å². The zero-order valence-corrected chi connectivity index (χ0v) is 12.1. The highest BCUT2D eigenvalue weighted by Gasteiger charge is 2.10. The van der Waals surface area contributed by atoms with Crippen molar-refractivity contribution in [3.8, 4) is 0 Å². The molecule has 0 radical (unpaired) electrons. The van der Waals surface area contributed by atoms with Gasteiger partial charge in [-0.3, -0.25) is 4.68 Å². The van der Waals surface area contributed by atoms with Crippen LogP contribution < -0.4 is 5.32 Å². The lowest BCUT2D eigenvalue weighted by Crippen LogP contribution is -2.20. The normalized spacial score (nSPS) is 11.4. The van der Waals surface area contributed by atoms with Crippen LogP contribution in [-0.4, -0.2) is 22.9 Å². The first-order valence-electron chi connectivity index (χ1n) is 6.41. The minimum absolute atomic E-state index is 0.727. The molecule has 1 N–H and O–H groups in total. The molecular weight excluding hydrogens is 234 g/mol. The first kappa shape index (κ1) is 14.5. The Kier molecular flexibility index (Phi) is 6.00. The number of aromatic nitrogens is 2. The van der Waals surface area contributed by atoms with Gasteiger partial charge in [0.05, 0.1) is 5.69 Å². The van der Waals surface area contributed by atoms with Gasteiger partial charge in [-0.05, 0) is 45.2 Å². The van der Waals surface area contributed by atoms with E-state index in [9.17, 15) is 0 Å². The second-order valence-electron chi connectivity index (χ2n) is 5.03. The van der Waals surface area contributed by atoms with Crippen LogP contribution in [0.2, 0.25) is 5.15 Å². The number of aryl methyl sites for hydroxylation is 2. The number of rotatable bonds is 7. The van der Waals surface area contributed by atoms with Crippen molar-refractivity contribution >= 4 is 11.6 Å². The summed E-state index contributed by atoms with van der Waals surface area (Å²) in [5.74, 6) is 0.727. The van der Waals surface area contributed by atoms with Crippen LogP contribution >= 0.6 is 11.6 Å². The molecule has 0 atom stereocenters. The lowest BCUT2D eigenvalue weighted by molar-refractivity contribution is 0.535. The average Bonchev–Trinajstić information content (AvgIpc) is 2.48. The van der Waals surface area contributed by atoms with E-state index >= 15 is 0 Å². The van der Waals surface area contributed by atoms with Gasteiger partial charge in [-0.2, -0.15) is 5.10 Å². The van der Waals surface area contributed by atoms with E-state index in [1.807, 2.05) is 14.0 Å². The largest absolute Gasteiger partial charge is 0.316 e. The first-order valence-corrected chi connectivity index (χ1v) is 6.78. The van der Waals surface area contributed by atoms with Gasteiger partial charge in [0.25, 0.3) is 0 Å². The van der Waals surface area contributed by atoms with Gasteiger partial charge in [0.2, 0.25) is 0 Å². The van der Waals surface area contributed by atoms with Crippen molar-refractivity contribution in [1.82, 2.24) is 15.1 Å². The van der Waals surface area contributed by atoms with Crippen LogP contribution in [0.1, 0.15) is 37.9 Å². The van der Waals surface area contributed by atoms with Crippen LogP contribution in [0.15, 0.2) is 0 Å². The standard InChI is InChI=1S/C13H24ClN3/c1-10(2)9-15-8-6-5-7-12-11(3)16-17(4)13(12)14/h10,15H,5-9H2,1-4H3. The van der Waals surface area contributed by atoms with Crippen molar-refractivity contribution in [3.05, 3.63) is 16.4 Å². The molecule has 0 unspecified atom stereocenters. The highest BCUT2D eigenvalue weighted by atomic mass is 35.5. The maximum Gasteiger partial charge on any atom is 0.130 e. The second kappa shape index (κ2) is 7.02. The monoisotopic (exact) mass is 257 g/mol. The zero-order valence-electron chi connectivity index (χ0n) is 11.4. The number of nitrogens with one attached hydrogen (secondary N) is 1. The van der Waals surface area contributed by atoms with Crippen molar-refractivity contribution in [3.63, 3.8) is 0 Å². The molecule has 0 aliphatic heterocycles. The lowest BCUT2D eigenvalue weighted by atomic mass is 10.1. The van der Waals surface area contributed by atoms with Gasteiger partial charge in [-0.1, -0.05) is 25.4 Å². The molecule has 0 saturated carbocycles. The Balaban J connectivity index is 2.22. The van der Waals surface area contributed by atoms with Gasteiger partial charge in [0, 0.05) is 12.6 Å². The third-order valence-corrected chi connectivity index (χ3v) is 3.33. The predicted octanol–water partition coefficient (Wildman–Crippen LogP) is 2.95. The number of hydrogen-bond donors (Lipinski definition) is 1. The number of hydrogen-bond acceptors (Lipinski definition) is 2. The summed E-state index contributed by atoms with van der Waals surface area (Å²) in [6, 6.07) is 0. The molecule has 0 fully saturated rings. The van der Waals surface area contributed by atoms with Crippen LogP contribution in [0.3, 0.4) is 0 Å². The molecule has 0 aliphatic carbocycles. The van der Waals surface area contributed by atoms with E-state index < -0.39 is 0 Å². The lowest BCUT2D eigenvalue weighted by Gasteiger charge is -2.07. The van der Waals surface area contributed by atoms with E-state index in [1.54, 1.807) is 4.68 Å². The molecule has 0 saturated heterocycles. The summed E-state index contributed by atoms with van der Waals surface area (Å²) >= 11 is 6.18. The second-order valence-corrected chi connectivity index (χ2v) is 5.39. The minimum Gasteiger partial charge on any atom is -0.316 e. The molecule has 17 heavy (non-hydrogen) atoms. The molecule has 3 nitrogen and oxygen atoms in total. The third kappa shape index (κ3) is 4.68. The quantitative estimate of drug-likeness (QED) is 0.762. The highest BCUT2D eigenvalue weighted by Crippen LogP contribution is 2.20. The van der Waals surface area contributed by atoms with Crippen LogP contribution in [-0.2, 0) is 13.5 Å². The maximum absolute atomic E-state index is 6.18. The van der Waals surface area contributed by atoms with E-state index in [1.165, 1.54) is 12.0 Å². The Morgan fingerprint density at radius 2 is 2.06 bits per heavy atom. The van der Waals surface area contributed by atoms with Gasteiger partial charge in [-0.15, -0.1) is 0 Å². The van der Waals surface area contributed by atoms with E-state index in [4.69, 9.17) is 11.6 Å². The van der Waals surface area contributed by atoms with Gasteiger partial charge >= 0.3 is 0 Å². The molecule has 4 heteroatoms. The van der Waals surface area contributed by atoms with Gasteiger partial charge in [0.15, 0.2) is 0 Å². The van der Waals surface area contributed by atoms with E-state index in [2.05, 4.69) is 24.3 Å². The van der Waals surface area contributed by atoms with Crippen LogP contribution in [0.25, 0.3) is 0 Å². The van der Waals surface area contributed by atoms with Crippen LogP contribution in [0.5, 0.6) is 0 Å². The molecule has 0 bridgehead atoms. The summed E-state index contributed by atoms with van der Waals surface area (Å²) < 4.78 is 1.75. The molecule has 1 rings (SSSR count). The Bertz CT molecular complexity index is 345.